The molecule has 0 saturated heterocycles. The minimum atomic E-state index is -4.41. The van der Waals surface area contributed by atoms with Gasteiger partial charge in [-0.2, -0.15) is 18.2 Å². The lowest BCUT2D eigenvalue weighted by Gasteiger charge is -2.22. The van der Waals surface area contributed by atoms with Gasteiger partial charge in [0.2, 0.25) is 5.88 Å². The van der Waals surface area contributed by atoms with Crippen LogP contribution < -0.4 is 4.90 Å². The van der Waals surface area contributed by atoms with Gasteiger partial charge in [-0.25, -0.2) is 0 Å². The lowest BCUT2D eigenvalue weighted by atomic mass is 10.1. The van der Waals surface area contributed by atoms with Crippen LogP contribution in [0.1, 0.15) is 27.1 Å². The standard InChI is InChI=1S/C25H21F3N2OS/c1-17-10-12-21(13-11-17)30(16-18-6-3-2-4-7-18)24-29-23(31)22(32-24)15-19-8-5-9-20(14-19)25(26,27)28/h2-14,31H,15-16H2,1H3. The Morgan fingerprint density at radius 3 is 2.28 bits per heavy atom. The van der Waals surface area contributed by atoms with Crippen LogP contribution >= 0.6 is 11.3 Å². The summed E-state index contributed by atoms with van der Waals surface area (Å²) in [7, 11) is 0. The van der Waals surface area contributed by atoms with Gasteiger partial charge < -0.3 is 10.0 Å². The average Bonchev–Trinajstić information content (AvgIpc) is 3.13. The third-order valence-electron chi connectivity index (χ3n) is 5.04. The van der Waals surface area contributed by atoms with Gasteiger partial charge >= 0.3 is 6.18 Å². The molecule has 0 atom stereocenters. The van der Waals surface area contributed by atoms with Crippen molar-refractivity contribution in [2.75, 3.05) is 4.90 Å². The van der Waals surface area contributed by atoms with E-state index in [0.29, 0.717) is 22.1 Å². The van der Waals surface area contributed by atoms with Gasteiger partial charge in [0.25, 0.3) is 0 Å². The highest BCUT2D eigenvalue weighted by Gasteiger charge is 2.30. The number of rotatable bonds is 6. The molecule has 0 amide bonds. The van der Waals surface area contributed by atoms with Crippen molar-refractivity contribution in [2.45, 2.75) is 26.1 Å². The summed E-state index contributed by atoms with van der Waals surface area (Å²) >= 11 is 1.28. The SMILES string of the molecule is Cc1ccc(N(Cc2ccccc2)c2nc(O)c(Cc3cccc(C(F)(F)F)c3)s2)cc1. The van der Waals surface area contributed by atoms with Crippen molar-refractivity contribution in [3.63, 3.8) is 0 Å². The third-order valence-corrected chi connectivity index (χ3v) is 6.11. The molecule has 0 fully saturated rings. The third kappa shape index (κ3) is 5.11. The molecule has 4 aromatic rings. The van der Waals surface area contributed by atoms with Crippen molar-refractivity contribution in [1.29, 1.82) is 0 Å². The normalized spacial score (nSPS) is 11.5. The maximum Gasteiger partial charge on any atom is 0.416 e. The highest BCUT2D eigenvalue weighted by atomic mass is 32.1. The van der Waals surface area contributed by atoms with Gasteiger partial charge in [0, 0.05) is 12.1 Å². The first-order chi connectivity index (χ1) is 15.3. The molecule has 3 nitrogen and oxygen atoms in total. The summed E-state index contributed by atoms with van der Waals surface area (Å²) in [5, 5.41) is 11.1. The number of anilines is 2. The minimum absolute atomic E-state index is 0.160. The molecule has 1 aromatic heterocycles. The maximum atomic E-state index is 13.1. The maximum absolute atomic E-state index is 13.1. The fourth-order valence-electron chi connectivity index (χ4n) is 3.37. The number of hydrogen-bond acceptors (Lipinski definition) is 4. The molecule has 1 N–H and O–H groups in total. The first-order valence-corrected chi connectivity index (χ1v) is 10.8. The molecule has 0 unspecified atom stereocenters. The summed E-state index contributed by atoms with van der Waals surface area (Å²) in [4.78, 5) is 6.86. The van der Waals surface area contributed by atoms with Gasteiger partial charge in [0.05, 0.1) is 17.0 Å². The van der Waals surface area contributed by atoms with Crippen molar-refractivity contribution < 1.29 is 18.3 Å². The van der Waals surface area contributed by atoms with E-state index in [-0.39, 0.29) is 12.3 Å². The Hall–Kier alpha value is -3.32. The number of hydrogen-bond donors (Lipinski definition) is 1. The molecular weight excluding hydrogens is 433 g/mol. The number of aromatic nitrogens is 1. The number of aryl methyl sites for hydroxylation is 1. The topological polar surface area (TPSA) is 36.4 Å². The van der Waals surface area contributed by atoms with Crippen LogP contribution in [0.15, 0.2) is 78.9 Å². The Balaban J connectivity index is 1.66. The van der Waals surface area contributed by atoms with E-state index in [9.17, 15) is 18.3 Å². The summed E-state index contributed by atoms with van der Waals surface area (Å²) in [5.41, 5.74) is 2.88. The molecule has 3 aromatic carbocycles. The molecular formula is C25H21F3N2OS. The summed E-state index contributed by atoms with van der Waals surface area (Å²) < 4.78 is 39.2. The zero-order valence-corrected chi connectivity index (χ0v) is 18.1. The van der Waals surface area contributed by atoms with Crippen LogP contribution in [0.3, 0.4) is 0 Å². The molecule has 0 spiro atoms. The number of thiazole rings is 1. The Bertz CT molecular complexity index is 1190. The van der Waals surface area contributed by atoms with E-state index in [4.69, 9.17) is 0 Å². The second kappa shape index (κ2) is 9.04. The zero-order chi connectivity index (χ0) is 22.7. The predicted molar refractivity (Wildman–Crippen MR) is 121 cm³/mol. The molecule has 1 heterocycles. The first kappa shape index (κ1) is 21.9. The van der Waals surface area contributed by atoms with Crippen LogP contribution in [-0.4, -0.2) is 10.1 Å². The van der Waals surface area contributed by atoms with Crippen molar-refractivity contribution in [1.82, 2.24) is 4.98 Å². The highest BCUT2D eigenvalue weighted by molar-refractivity contribution is 7.16. The van der Waals surface area contributed by atoms with E-state index < -0.39 is 11.7 Å². The van der Waals surface area contributed by atoms with Gasteiger partial charge in [-0.3, -0.25) is 0 Å². The number of nitrogens with zero attached hydrogens (tertiary/aromatic N) is 2. The van der Waals surface area contributed by atoms with Gasteiger partial charge in [0.1, 0.15) is 0 Å². The van der Waals surface area contributed by atoms with Gasteiger partial charge in [-0.05, 0) is 36.2 Å². The minimum Gasteiger partial charge on any atom is -0.492 e. The summed E-state index contributed by atoms with van der Waals surface area (Å²) in [5.74, 6) is -0.160. The second-order valence-electron chi connectivity index (χ2n) is 7.53. The van der Waals surface area contributed by atoms with Gasteiger partial charge in [0.15, 0.2) is 5.13 Å². The van der Waals surface area contributed by atoms with Crippen molar-refractivity contribution >= 4 is 22.2 Å². The summed E-state index contributed by atoms with van der Waals surface area (Å²) in [6.45, 7) is 2.55. The summed E-state index contributed by atoms with van der Waals surface area (Å²) in [6.07, 6.45) is -4.24. The molecule has 32 heavy (non-hydrogen) atoms. The molecule has 4 rings (SSSR count). The van der Waals surface area contributed by atoms with E-state index in [1.807, 2.05) is 66.4 Å². The number of alkyl halides is 3. The van der Waals surface area contributed by atoms with Crippen LogP contribution in [0, 0.1) is 6.92 Å². The Kier molecular flexibility index (Phi) is 6.19. The molecule has 0 aliphatic heterocycles. The van der Waals surface area contributed by atoms with E-state index in [1.165, 1.54) is 17.4 Å². The smallest absolute Gasteiger partial charge is 0.416 e. The van der Waals surface area contributed by atoms with Crippen LogP contribution in [0.25, 0.3) is 0 Å². The van der Waals surface area contributed by atoms with E-state index in [2.05, 4.69) is 4.98 Å². The van der Waals surface area contributed by atoms with Crippen LogP contribution in [0.5, 0.6) is 5.88 Å². The van der Waals surface area contributed by atoms with E-state index >= 15 is 0 Å². The zero-order valence-electron chi connectivity index (χ0n) is 17.3. The first-order valence-electron chi connectivity index (χ1n) is 10.0. The Morgan fingerprint density at radius 2 is 1.59 bits per heavy atom. The average molecular weight is 455 g/mol. The predicted octanol–water partition coefficient (Wildman–Crippen LogP) is 7.11. The van der Waals surface area contributed by atoms with Crippen molar-refractivity contribution in [3.05, 3.63) is 106 Å². The van der Waals surface area contributed by atoms with Gasteiger partial charge in [-0.1, -0.05) is 77.6 Å². The highest BCUT2D eigenvalue weighted by Crippen LogP contribution is 2.38. The molecule has 0 radical (unpaired) electrons. The Morgan fingerprint density at radius 1 is 0.906 bits per heavy atom. The number of halogens is 3. The van der Waals surface area contributed by atoms with Crippen LogP contribution in [0.4, 0.5) is 24.0 Å². The van der Waals surface area contributed by atoms with Crippen molar-refractivity contribution in [2.24, 2.45) is 0 Å². The van der Waals surface area contributed by atoms with E-state index in [0.717, 1.165) is 28.9 Å². The quantitative estimate of drug-likeness (QED) is 0.337. The monoisotopic (exact) mass is 454 g/mol. The molecule has 0 aliphatic rings. The molecule has 0 saturated carbocycles. The lowest BCUT2D eigenvalue weighted by Crippen LogP contribution is -2.16. The molecule has 0 aliphatic carbocycles. The Labute approximate surface area is 188 Å². The lowest BCUT2D eigenvalue weighted by molar-refractivity contribution is -0.137. The number of benzene rings is 3. The van der Waals surface area contributed by atoms with Crippen LogP contribution in [0.2, 0.25) is 0 Å². The molecule has 7 heteroatoms. The fraction of sp³-hybridized carbons (Fsp3) is 0.160. The van der Waals surface area contributed by atoms with Crippen molar-refractivity contribution in [3.8, 4) is 5.88 Å². The largest absolute Gasteiger partial charge is 0.492 e. The second-order valence-corrected chi connectivity index (χ2v) is 8.59. The summed E-state index contributed by atoms with van der Waals surface area (Å²) in [6, 6.07) is 23.0. The fourth-order valence-corrected chi connectivity index (χ4v) is 4.37. The van der Waals surface area contributed by atoms with E-state index in [1.54, 1.807) is 6.07 Å². The molecule has 164 valence electrons. The van der Waals surface area contributed by atoms with Crippen LogP contribution in [-0.2, 0) is 19.1 Å². The number of aromatic hydroxyl groups is 1. The molecule has 0 bridgehead atoms. The van der Waals surface area contributed by atoms with Gasteiger partial charge in [-0.15, -0.1) is 0 Å².